The lowest BCUT2D eigenvalue weighted by Crippen LogP contribution is -2.32. The lowest BCUT2D eigenvalue weighted by Gasteiger charge is -2.07. The quantitative estimate of drug-likeness (QED) is 0.741. The van der Waals surface area contributed by atoms with Crippen molar-refractivity contribution in [1.29, 1.82) is 0 Å². The molecule has 3 nitrogen and oxygen atoms in total. The monoisotopic (exact) mass is 178 g/mol. The number of pyridine rings is 1. The number of carbonyl (C=O) groups is 1. The lowest BCUT2D eigenvalue weighted by atomic mass is 10.1. The van der Waals surface area contributed by atoms with Gasteiger partial charge >= 0.3 is 0 Å². The molecule has 70 valence electrons. The van der Waals surface area contributed by atoms with Crippen LogP contribution in [0.25, 0.3) is 0 Å². The Hall–Kier alpha value is -1.22. The number of carbonyl (C=O) groups excluding carboxylic acids is 1. The summed E-state index contributed by atoms with van der Waals surface area (Å²) in [5.41, 5.74) is 0.828. The fraction of sp³-hybridized carbons (Fsp3) is 0.400. The highest BCUT2D eigenvalue weighted by molar-refractivity contribution is 5.85. The van der Waals surface area contributed by atoms with E-state index < -0.39 is 0 Å². The van der Waals surface area contributed by atoms with Crippen molar-refractivity contribution in [1.82, 2.24) is 10.3 Å². The van der Waals surface area contributed by atoms with Crippen molar-refractivity contribution in [3.63, 3.8) is 0 Å². The first-order valence-electron chi connectivity index (χ1n) is 4.34. The SMILES string of the molecule is CNC(C)C(=O)Cc1ccccn1. The van der Waals surface area contributed by atoms with Gasteiger partial charge in [0.15, 0.2) is 5.78 Å². The number of Topliss-reactive ketones (excluding diaryl/α,β-unsaturated/α-hetero) is 1. The number of ketones is 1. The molecular formula is C10H14N2O. The molecule has 1 rings (SSSR count). The number of nitrogens with one attached hydrogen (secondary N) is 1. The summed E-state index contributed by atoms with van der Waals surface area (Å²) in [6.07, 6.45) is 2.11. The van der Waals surface area contributed by atoms with Gasteiger partial charge < -0.3 is 5.32 Å². The lowest BCUT2D eigenvalue weighted by molar-refractivity contribution is -0.119. The van der Waals surface area contributed by atoms with Crippen molar-refractivity contribution in [3.05, 3.63) is 30.1 Å². The third-order valence-corrected chi connectivity index (χ3v) is 2.00. The maximum Gasteiger partial charge on any atom is 0.155 e. The molecule has 0 aliphatic carbocycles. The molecule has 0 aromatic carbocycles. The van der Waals surface area contributed by atoms with Gasteiger partial charge in [-0.1, -0.05) is 6.07 Å². The minimum absolute atomic E-state index is 0.0954. The van der Waals surface area contributed by atoms with E-state index in [9.17, 15) is 4.79 Å². The highest BCUT2D eigenvalue weighted by Crippen LogP contribution is 1.97. The van der Waals surface area contributed by atoms with E-state index in [0.29, 0.717) is 6.42 Å². The molecule has 1 atom stereocenters. The molecule has 3 heteroatoms. The zero-order valence-electron chi connectivity index (χ0n) is 7.95. The van der Waals surface area contributed by atoms with E-state index in [1.165, 1.54) is 0 Å². The number of aromatic nitrogens is 1. The van der Waals surface area contributed by atoms with Crippen molar-refractivity contribution in [2.75, 3.05) is 7.05 Å². The Morgan fingerprint density at radius 1 is 1.62 bits per heavy atom. The van der Waals surface area contributed by atoms with Crippen LogP contribution in [0.4, 0.5) is 0 Å². The first kappa shape index (κ1) is 9.86. The maximum absolute atomic E-state index is 11.4. The Bertz CT molecular complexity index is 272. The summed E-state index contributed by atoms with van der Waals surface area (Å²) in [7, 11) is 1.78. The van der Waals surface area contributed by atoms with Crippen LogP contribution in [0.1, 0.15) is 12.6 Å². The molecule has 1 N–H and O–H groups in total. The smallest absolute Gasteiger partial charge is 0.155 e. The van der Waals surface area contributed by atoms with Gasteiger partial charge in [0.25, 0.3) is 0 Å². The van der Waals surface area contributed by atoms with Crippen LogP contribution in [0.15, 0.2) is 24.4 Å². The third-order valence-electron chi connectivity index (χ3n) is 2.00. The molecular weight excluding hydrogens is 164 g/mol. The Morgan fingerprint density at radius 2 is 2.38 bits per heavy atom. The van der Waals surface area contributed by atoms with Crippen LogP contribution in [-0.4, -0.2) is 23.9 Å². The van der Waals surface area contributed by atoms with Crippen molar-refractivity contribution in [2.24, 2.45) is 0 Å². The van der Waals surface area contributed by atoms with E-state index in [4.69, 9.17) is 0 Å². The zero-order valence-corrected chi connectivity index (χ0v) is 7.95. The predicted octanol–water partition coefficient (Wildman–Crippen LogP) is 0.801. The van der Waals surface area contributed by atoms with E-state index in [1.807, 2.05) is 25.1 Å². The van der Waals surface area contributed by atoms with Crippen molar-refractivity contribution in [2.45, 2.75) is 19.4 Å². The summed E-state index contributed by atoms with van der Waals surface area (Å²) >= 11 is 0. The predicted molar refractivity (Wildman–Crippen MR) is 51.5 cm³/mol. The molecule has 1 unspecified atom stereocenters. The van der Waals surface area contributed by atoms with Crippen molar-refractivity contribution >= 4 is 5.78 Å². The fourth-order valence-corrected chi connectivity index (χ4v) is 0.995. The average Bonchev–Trinajstić information content (AvgIpc) is 2.18. The van der Waals surface area contributed by atoms with Gasteiger partial charge in [0.2, 0.25) is 0 Å². The standard InChI is InChI=1S/C10H14N2O/c1-8(11-2)10(13)7-9-5-3-4-6-12-9/h3-6,8,11H,7H2,1-2H3. The zero-order chi connectivity index (χ0) is 9.68. The van der Waals surface area contributed by atoms with Gasteiger partial charge in [-0.15, -0.1) is 0 Å². The van der Waals surface area contributed by atoms with E-state index in [1.54, 1.807) is 13.2 Å². The normalized spacial score (nSPS) is 12.5. The maximum atomic E-state index is 11.4. The molecule has 1 aromatic heterocycles. The van der Waals surface area contributed by atoms with Gasteiger partial charge in [-0.2, -0.15) is 0 Å². The fourth-order valence-electron chi connectivity index (χ4n) is 0.995. The summed E-state index contributed by atoms with van der Waals surface area (Å²) in [4.78, 5) is 15.5. The van der Waals surface area contributed by atoms with Gasteiger partial charge in [-0.3, -0.25) is 9.78 Å². The molecule has 13 heavy (non-hydrogen) atoms. The van der Waals surface area contributed by atoms with Crippen molar-refractivity contribution in [3.8, 4) is 0 Å². The largest absolute Gasteiger partial charge is 0.311 e. The second-order valence-corrected chi connectivity index (χ2v) is 2.97. The topological polar surface area (TPSA) is 42.0 Å². The minimum Gasteiger partial charge on any atom is -0.311 e. The van der Waals surface area contributed by atoms with Crippen LogP contribution >= 0.6 is 0 Å². The second-order valence-electron chi connectivity index (χ2n) is 2.97. The van der Waals surface area contributed by atoms with Gasteiger partial charge in [0, 0.05) is 11.9 Å². The Kier molecular flexibility index (Phi) is 3.58. The first-order chi connectivity index (χ1) is 6.24. The van der Waals surface area contributed by atoms with Gasteiger partial charge in [-0.05, 0) is 26.1 Å². The molecule has 0 bridgehead atoms. The Balaban J connectivity index is 2.55. The molecule has 0 spiro atoms. The Labute approximate surface area is 78.2 Å². The molecule has 0 fully saturated rings. The number of hydrogen-bond donors (Lipinski definition) is 1. The molecule has 0 amide bonds. The first-order valence-corrected chi connectivity index (χ1v) is 4.34. The van der Waals surface area contributed by atoms with Crippen LogP contribution < -0.4 is 5.32 Å². The molecule has 0 saturated heterocycles. The molecule has 0 saturated carbocycles. The van der Waals surface area contributed by atoms with E-state index >= 15 is 0 Å². The molecule has 0 aliphatic rings. The van der Waals surface area contributed by atoms with Crippen LogP contribution in [0.5, 0.6) is 0 Å². The summed E-state index contributed by atoms with van der Waals surface area (Å²) < 4.78 is 0. The number of rotatable bonds is 4. The second kappa shape index (κ2) is 4.72. The summed E-state index contributed by atoms with van der Waals surface area (Å²) in [5.74, 6) is 0.168. The van der Waals surface area contributed by atoms with Crippen LogP contribution in [0, 0.1) is 0 Å². The van der Waals surface area contributed by atoms with Crippen molar-refractivity contribution < 1.29 is 4.79 Å². The number of hydrogen-bond acceptors (Lipinski definition) is 3. The molecule has 0 aliphatic heterocycles. The molecule has 1 aromatic rings. The number of nitrogens with zero attached hydrogens (tertiary/aromatic N) is 1. The van der Waals surface area contributed by atoms with Crippen LogP contribution in [0.3, 0.4) is 0 Å². The summed E-state index contributed by atoms with van der Waals surface area (Å²) in [6, 6.07) is 5.50. The highest BCUT2D eigenvalue weighted by Gasteiger charge is 2.10. The third kappa shape index (κ3) is 2.95. The van der Waals surface area contributed by atoms with Gasteiger partial charge in [0.1, 0.15) is 0 Å². The van der Waals surface area contributed by atoms with Crippen LogP contribution in [0.2, 0.25) is 0 Å². The minimum atomic E-state index is -0.0954. The van der Waals surface area contributed by atoms with Gasteiger partial charge in [0.05, 0.1) is 12.5 Å². The highest BCUT2D eigenvalue weighted by atomic mass is 16.1. The number of likely N-dealkylation sites (N-methyl/N-ethyl adjacent to an activating group) is 1. The average molecular weight is 178 g/mol. The summed E-state index contributed by atoms with van der Waals surface area (Å²) in [6.45, 7) is 1.85. The summed E-state index contributed by atoms with van der Waals surface area (Å²) in [5, 5.41) is 2.91. The van der Waals surface area contributed by atoms with Crippen LogP contribution in [-0.2, 0) is 11.2 Å². The van der Waals surface area contributed by atoms with E-state index in [0.717, 1.165) is 5.69 Å². The van der Waals surface area contributed by atoms with Gasteiger partial charge in [-0.25, -0.2) is 0 Å². The van der Waals surface area contributed by atoms with E-state index in [2.05, 4.69) is 10.3 Å². The Morgan fingerprint density at radius 3 is 2.92 bits per heavy atom. The molecule has 1 heterocycles. The van der Waals surface area contributed by atoms with E-state index in [-0.39, 0.29) is 11.8 Å². The molecule has 0 radical (unpaired) electrons.